The van der Waals surface area contributed by atoms with E-state index in [1.807, 2.05) is 30.3 Å². The van der Waals surface area contributed by atoms with E-state index in [0.717, 1.165) is 17.4 Å². The highest BCUT2D eigenvalue weighted by molar-refractivity contribution is 8.14. The molecule has 2 rings (SSSR count). The first kappa shape index (κ1) is 13.9. The van der Waals surface area contributed by atoms with E-state index in [1.165, 1.54) is 0 Å². The first-order chi connectivity index (χ1) is 9.65. The molecule has 0 saturated heterocycles. The molecule has 0 fully saturated rings. The van der Waals surface area contributed by atoms with E-state index in [1.54, 1.807) is 0 Å². The largest absolute Gasteiger partial charge is 0.378 e. The number of aromatic nitrogens is 2. The molecule has 1 amide bonds. The third-order valence-electron chi connectivity index (χ3n) is 2.12. The molecule has 8 nitrogen and oxygen atoms in total. The maximum Gasteiger partial charge on any atom is 0.236 e. The fraction of sp³-hybridized carbons (Fsp3) is 0.0909. The minimum absolute atomic E-state index is 0.0225. The molecule has 9 heteroatoms. The van der Waals surface area contributed by atoms with Gasteiger partial charge in [0.25, 0.3) is 0 Å². The third-order valence-corrected chi connectivity index (χ3v) is 2.91. The number of hydrogen-bond donors (Lipinski definition) is 3. The Morgan fingerprint density at radius 1 is 1.35 bits per heavy atom. The first-order valence-corrected chi connectivity index (χ1v) is 6.53. The van der Waals surface area contributed by atoms with Crippen LogP contribution in [0.1, 0.15) is 0 Å². The summed E-state index contributed by atoms with van der Waals surface area (Å²) in [5.41, 5.74) is 11.9. The average molecular weight is 292 g/mol. The Labute approximate surface area is 118 Å². The van der Waals surface area contributed by atoms with Gasteiger partial charge in [0, 0.05) is 0 Å². The van der Waals surface area contributed by atoms with E-state index in [-0.39, 0.29) is 28.5 Å². The van der Waals surface area contributed by atoms with E-state index < -0.39 is 0 Å². The standard InChI is InChI=1S/C11H12N6O2S/c12-9-10(17-19-16-9)15-8(18)6-20-11(13)14-7-4-2-1-3-5-7/h1-5H,6H2,(H2,12,16)(H2,13,14)(H,15,17,18). The van der Waals surface area contributed by atoms with Gasteiger partial charge in [0.1, 0.15) is 0 Å². The molecule has 0 aliphatic heterocycles. The zero-order valence-electron chi connectivity index (χ0n) is 10.3. The van der Waals surface area contributed by atoms with Crippen molar-refractivity contribution in [1.29, 1.82) is 0 Å². The normalized spacial score (nSPS) is 11.3. The van der Waals surface area contributed by atoms with Crippen LogP contribution in [-0.2, 0) is 4.79 Å². The summed E-state index contributed by atoms with van der Waals surface area (Å²) in [6.45, 7) is 0. The number of nitrogens with two attached hydrogens (primary N) is 2. The van der Waals surface area contributed by atoms with Gasteiger partial charge in [-0.25, -0.2) is 9.62 Å². The quantitative estimate of drug-likeness (QED) is 0.564. The smallest absolute Gasteiger partial charge is 0.236 e. The number of thioether (sulfide) groups is 1. The van der Waals surface area contributed by atoms with Gasteiger partial charge in [-0.15, -0.1) is 0 Å². The molecule has 20 heavy (non-hydrogen) atoms. The van der Waals surface area contributed by atoms with E-state index in [2.05, 4.69) is 25.3 Å². The molecular weight excluding hydrogens is 280 g/mol. The monoisotopic (exact) mass is 292 g/mol. The topological polar surface area (TPSA) is 132 Å². The Morgan fingerprint density at radius 3 is 2.75 bits per heavy atom. The summed E-state index contributed by atoms with van der Waals surface area (Å²) in [6, 6.07) is 9.21. The average Bonchev–Trinajstić information content (AvgIpc) is 2.83. The first-order valence-electron chi connectivity index (χ1n) is 5.55. The summed E-state index contributed by atoms with van der Waals surface area (Å²) in [5, 5.41) is 9.52. The maximum atomic E-state index is 11.6. The van der Waals surface area contributed by atoms with Gasteiger partial charge in [-0.05, 0) is 22.4 Å². The van der Waals surface area contributed by atoms with Crippen LogP contribution >= 0.6 is 11.8 Å². The van der Waals surface area contributed by atoms with Crippen molar-refractivity contribution in [2.75, 3.05) is 16.8 Å². The molecule has 2 aromatic rings. The van der Waals surface area contributed by atoms with Gasteiger partial charge < -0.3 is 16.8 Å². The molecule has 1 aromatic carbocycles. The molecule has 0 radical (unpaired) electrons. The lowest BCUT2D eigenvalue weighted by Gasteiger charge is -2.01. The highest BCUT2D eigenvalue weighted by Gasteiger charge is 2.10. The number of rotatable bonds is 4. The predicted octanol–water partition coefficient (Wildman–Crippen LogP) is 0.970. The zero-order valence-corrected chi connectivity index (χ0v) is 11.1. The third kappa shape index (κ3) is 3.99. The summed E-state index contributed by atoms with van der Waals surface area (Å²) in [4.78, 5) is 15.8. The fourth-order valence-electron chi connectivity index (χ4n) is 1.25. The number of nitrogens with one attached hydrogen (secondary N) is 1. The predicted molar refractivity (Wildman–Crippen MR) is 77.5 cm³/mol. The van der Waals surface area contributed by atoms with E-state index >= 15 is 0 Å². The van der Waals surface area contributed by atoms with Gasteiger partial charge in [-0.3, -0.25) is 4.79 Å². The summed E-state index contributed by atoms with van der Waals surface area (Å²) in [5.74, 6) is -0.138. The van der Waals surface area contributed by atoms with Crippen molar-refractivity contribution >= 4 is 40.2 Å². The second-order valence-corrected chi connectivity index (χ2v) is 4.62. The van der Waals surface area contributed by atoms with Crippen LogP contribution in [0.15, 0.2) is 40.0 Å². The van der Waals surface area contributed by atoms with Gasteiger partial charge in [-0.2, -0.15) is 0 Å². The highest BCUT2D eigenvalue weighted by Crippen LogP contribution is 2.14. The van der Waals surface area contributed by atoms with Crippen LogP contribution in [0.4, 0.5) is 17.3 Å². The summed E-state index contributed by atoms with van der Waals surface area (Å²) in [7, 11) is 0. The molecule has 104 valence electrons. The number of benzene rings is 1. The van der Waals surface area contributed by atoms with Crippen molar-refractivity contribution in [3.63, 3.8) is 0 Å². The number of carbonyl (C=O) groups excluding carboxylic acids is 1. The molecule has 0 saturated carbocycles. The van der Waals surface area contributed by atoms with Crippen LogP contribution in [-0.4, -0.2) is 27.1 Å². The van der Waals surface area contributed by atoms with Crippen LogP contribution in [0.3, 0.4) is 0 Å². The number of anilines is 2. The minimum Gasteiger partial charge on any atom is -0.378 e. The number of amidine groups is 1. The van der Waals surface area contributed by atoms with Crippen molar-refractivity contribution in [3.8, 4) is 0 Å². The van der Waals surface area contributed by atoms with Crippen molar-refractivity contribution in [2.45, 2.75) is 0 Å². The molecule has 1 aromatic heterocycles. The van der Waals surface area contributed by atoms with E-state index in [0.29, 0.717) is 0 Å². The number of amides is 1. The molecule has 0 atom stereocenters. The van der Waals surface area contributed by atoms with Crippen molar-refractivity contribution < 1.29 is 9.42 Å². The van der Waals surface area contributed by atoms with Gasteiger partial charge in [0.2, 0.25) is 17.5 Å². The van der Waals surface area contributed by atoms with Gasteiger partial charge in [0.15, 0.2) is 5.17 Å². The number of para-hydroxylation sites is 1. The SMILES string of the molecule is NC(=Nc1ccccc1)SCC(=O)Nc1nonc1N. The maximum absolute atomic E-state index is 11.6. The number of carbonyl (C=O) groups is 1. The lowest BCUT2D eigenvalue weighted by Crippen LogP contribution is -2.18. The van der Waals surface area contributed by atoms with Crippen LogP contribution in [0, 0.1) is 0 Å². The van der Waals surface area contributed by atoms with Crippen LogP contribution in [0.25, 0.3) is 0 Å². The molecule has 5 N–H and O–H groups in total. The number of hydrogen-bond acceptors (Lipinski definition) is 7. The van der Waals surface area contributed by atoms with Crippen molar-refractivity contribution in [2.24, 2.45) is 10.7 Å². The van der Waals surface area contributed by atoms with E-state index in [4.69, 9.17) is 11.5 Å². The molecule has 0 aliphatic rings. The lowest BCUT2D eigenvalue weighted by molar-refractivity contribution is -0.113. The molecule has 0 bridgehead atoms. The second kappa shape index (κ2) is 6.57. The fourth-order valence-corrected chi connectivity index (χ4v) is 1.77. The van der Waals surface area contributed by atoms with Crippen LogP contribution in [0.2, 0.25) is 0 Å². The lowest BCUT2D eigenvalue weighted by atomic mass is 10.3. The Bertz CT molecular complexity index is 612. The summed E-state index contributed by atoms with van der Waals surface area (Å²) < 4.78 is 4.36. The minimum atomic E-state index is -0.330. The van der Waals surface area contributed by atoms with Crippen LogP contribution in [0.5, 0.6) is 0 Å². The van der Waals surface area contributed by atoms with Gasteiger partial charge in [-0.1, -0.05) is 30.0 Å². The van der Waals surface area contributed by atoms with Crippen LogP contribution < -0.4 is 16.8 Å². The Kier molecular flexibility index (Phi) is 4.56. The number of aliphatic imine (C=N–C) groups is 1. The molecule has 0 unspecified atom stereocenters. The van der Waals surface area contributed by atoms with Crippen molar-refractivity contribution in [3.05, 3.63) is 30.3 Å². The molecular formula is C11H12N6O2S. The zero-order chi connectivity index (χ0) is 14.4. The Morgan fingerprint density at radius 2 is 2.10 bits per heavy atom. The van der Waals surface area contributed by atoms with E-state index in [9.17, 15) is 4.79 Å². The molecule has 0 aliphatic carbocycles. The number of nitrogens with zero attached hydrogens (tertiary/aromatic N) is 3. The van der Waals surface area contributed by atoms with Gasteiger partial charge in [0.05, 0.1) is 11.4 Å². The Balaban J connectivity index is 1.84. The molecule has 0 spiro atoms. The second-order valence-electron chi connectivity index (χ2n) is 3.62. The Hall–Kier alpha value is -2.55. The van der Waals surface area contributed by atoms with Crippen molar-refractivity contribution in [1.82, 2.24) is 10.3 Å². The number of nitrogen functional groups attached to an aromatic ring is 1. The highest BCUT2D eigenvalue weighted by atomic mass is 32.2. The van der Waals surface area contributed by atoms with Gasteiger partial charge >= 0.3 is 0 Å². The molecule has 1 heterocycles. The summed E-state index contributed by atoms with van der Waals surface area (Å²) >= 11 is 1.10. The summed E-state index contributed by atoms with van der Waals surface area (Å²) in [6.07, 6.45) is 0.